The Balaban J connectivity index is 1.41. The maximum Gasteiger partial charge on any atom is 0.146 e. The third-order valence-corrected chi connectivity index (χ3v) is 5.96. The van der Waals surface area contributed by atoms with E-state index < -0.39 is 6.10 Å². The van der Waals surface area contributed by atoms with Crippen LogP contribution in [-0.4, -0.2) is 45.5 Å². The van der Waals surface area contributed by atoms with Crippen LogP contribution in [0.25, 0.3) is 0 Å². The van der Waals surface area contributed by atoms with Gasteiger partial charge in [0.1, 0.15) is 5.82 Å². The van der Waals surface area contributed by atoms with Crippen molar-refractivity contribution < 1.29 is 9.50 Å². The van der Waals surface area contributed by atoms with Crippen molar-refractivity contribution in [3.05, 3.63) is 47.5 Å². The Morgan fingerprint density at radius 1 is 1.19 bits per heavy atom. The molecule has 27 heavy (non-hydrogen) atoms. The van der Waals surface area contributed by atoms with Gasteiger partial charge in [0.2, 0.25) is 0 Å². The number of fused-ring (bicyclic) bond motifs is 1. The normalized spacial score (nSPS) is 20.3. The molecular formula is C21H29FN4O. The Morgan fingerprint density at radius 3 is 2.70 bits per heavy atom. The van der Waals surface area contributed by atoms with E-state index in [2.05, 4.69) is 25.6 Å². The summed E-state index contributed by atoms with van der Waals surface area (Å²) in [5, 5.41) is 14.7. The van der Waals surface area contributed by atoms with E-state index >= 15 is 0 Å². The molecule has 1 aromatic heterocycles. The second-order valence-electron chi connectivity index (χ2n) is 7.70. The highest BCUT2D eigenvalue weighted by Crippen LogP contribution is 2.27. The summed E-state index contributed by atoms with van der Waals surface area (Å²) in [4.78, 5) is 4.73. The number of hydrogen-bond donors (Lipinski definition) is 1. The predicted molar refractivity (Wildman–Crippen MR) is 104 cm³/mol. The van der Waals surface area contributed by atoms with Crippen molar-refractivity contribution in [2.75, 3.05) is 24.5 Å². The SMILES string of the molecule is CC[C@H](O)c1cc2n(n1)CCCN(C1CCN(c3ccccc3F)CC1)C2. The van der Waals surface area contributed by atoms with Crippen LogP contribution in [0.15, 0.2) is 30.3 Å². The molecule has 2 aliphatic rings. The average molecular weight is 372 g/mol. The number of anilines is 1. The standard InChI is InChI=1S/C21H29FN4O/c1-2-21(27)19-14-17-15-25(10-5-11-26(17)23-19)16-8-12-24(13-9-16)20-7-4-3-6-18(20)22/h3-4,6-7,14,16,21,27H,2,5,8-13,15H2,1H3/t21-/m0/s1. The van der Waals surface area contributed by atoms with Crippen molar-refractivity contribution >= 4 is 5.69 Å². The van der Waals surface area contributed by atoms with E-state index in [0.717, 1.165) is 63.4 Å². The first-order chi connectivity index (χ1) is 13.2. The average Bonchev–Trinajstić information content (AvgIpc) is 2.99. The fraction of sp³-hybridized carbons (Fsp3) is 0.571. The first-order valence-electron chi connectivity index (χ1n) is 10.1. The molecule has 0 radical (unpaired) electrons. The number of rotatable bonds is 4. The molecule has 5 nitrogen and oxygen atoms in total. The minimum Gasteiger partial charge on any atom is -0.387 e. The van der Waals surface area contributed by atoms with Crippen LogP contribution in [0.4, 0.5) is 10.1 Å². The summed E-state index contributed by atoms with van der Waals surface area (Å²) in [5.74, 6) is -0.128. The maximum atomic E-state index is 14.1. The monoisotopic (exact) mass is 372 g/mol. The molecule has 0 aliphatic carbocycles. The van der Waals surface area contributed by atoms with Gasteiger partial charge in [0.25, 0.3) is 0 Å². The minimum atomic E-state index is -0.470. The van der Waals surface area contributed by atoms with E-state index in [-0.39, 0.29) is 5.82 Å². The zero-order valence-corrected chi connectivity index (χ0v) is 16.0. The van der Waals surface area contributed by atoms with Crippen LogP contribution in [-0.2, 0) is 13.1 Å². The highest BCUT2D eigenvalue weighted by Gasteiger charge is 2.28. The number of aliphatic hydroxyl groups excluding tert-OH is 1. The Bertz CT molecular complexity index is 769. The van der Waals surface area contributed by atoms with Crippen LogP contribution in [0.2, 0.25) is 0 Å². The number of piperidine rings is 1. The van der Waals surface area contributed by atoms with Crippen LogP contribution in [0.3, 0.4) is 0 Å². The van der Waals surface area contributed by atoms with Gasteiger partial charge in [-0.1, -0.05) is 19.1 Å². The zero-order valence-electron chi connectivity index (χ0n) is 16.0. The molecule has 6 heteroatoms. The van der Waals surface area contributed by atoms with Crippen molar-refractivity contribution in [2.24, 2.45) is 0 Å². The van der Waals surface area contributed by atoms with Crippen molar-refractivity contribution in [3.8, 4) is 0 Å². The smallest absolute Gasteiger partial charge is 0.146 e. The lowest BCUT2D eigenvalue weighted by atomic mass is 10.0. The van der Waals surface area contributed by atoms with Crippen LogP contribution in [0, 0.1) is 5.82 Å². The Kier molecular flexibility index (Phi) is 5.45. The second kappa shape index (κ2) is 7.98. The van der Waals surface area contributed by atoms with Crippen LogP contribution in [0.1, 0.15) is 50.1 Å². The third kappa shape index (κ3) is 3.87. The van der Waals surface area contributed by atoms with Gasteiger partial charge in [0.15, 0.2) is 0 Å². The van der Waals surface area contributed by atoms with Gasteiger partial charge in [-0.05, 0) is 43.9 Å². The first kappa shape index (κ1) is 18.4. The maximum absolute atomic E-state index is 14.1. The van der Waals surface area contributed by atoms with Crippen LogP contribution in [0.5, 0.6) is 0 Å². The molecule has 2 aliphatic heterocycles. The fourth-order valence-corrected chi connectivity index (χ4v) is 4.37. The molecule has 1 N–H and O–H groups in total. The molecule has 0 spiro atoms. The number of aliphatic hydroxyl groups is 1. The Morgan fingerprint density at radius 2 is 1.96 bits per heavy atom. The van der Waals surface area contributed by atoms with E-state index in [4.69, 9.17) is 0 Å². The number of nitrogens with zero attached hydrogens (tertiary/aromatic N) is 4. The molecule has 1 saturated heterocycles. The summed E-state index contributed by atoms with van der Waals surface area (Å²) in [7, 11) is 0. The summed E-state index contributed by atoms with van der Waals surface area (Å²) in [6, 6.07) is 9.66. The highest BCUT2D eigenvalue weighted by atomic mass is 19.1. The predicted octanol–water partition coefficient (Wildman–Crippen LogP) is 3.34. The summed E-state index contributed by atoms with van der Waals surface area (Å²) >= 11 is 0. The molecule has 3 heterocycles. The van der Waals surface area contributed by atoms with Gasteiger partial charge >= 0.3 is 0 Å². The van der Waals surface area contributed by atoms with Crippen molar-refractivity contribution in [1.29, 1.82) is 0 Å². The zero-order chi connectivity index (χ0) is 18.8. The van der Waals surface area contributed by atoms with E-state index in [1.807, 2.05) is 19.1 Å². The van der Waals surface area contributed by atoms with Gasteiger partial charge < -0.3 is 10.0 Å². The molecule has 2 aromatic rings. The van der Waals surface area contributed by atoms with Gasteiger partial charge in [-0.25, -0.2) is 4.39 Å². The highest BCUT2D eigenvalue weighted by molar-refractivity contribution is 5.47. The quantitative estimate of drug-likeness (QED) is 0.894. The van der Waals surface area contributed by atoms with Gasteiger partial charge in [0, 0.05) is 38.8 Å². The molecule has 146 valence electrons. The molecule has 1 atom stereocenters. The number of halogens is 1. The largest absolute Gasteiger partial charge is 0.387 e. The summed E-state index contributed by atoms with van der Waals surface area (Å²) < 4.78 is 16.1. The van der Waals surface area contributed by atoms with E-state index in [1.54, 1.807) is 12.1 Å². The fourth-order valence-electron chi connectivity index (χ4n) is 4.37. The molecule has 0 amide bonds. The lowest BCUT2D eigenvalue weighted by molar-refractivity contribution is 0.161. The molecule has 0 bridgehead atoms. The van der Waals surface area contributed by atoms with E-state index in [0.29, 0.717) is 12.5 Å². The van der Waals surface area contributed by atoms with Gasteiger partial charge in [0.05, 0.1) is 23.2 Å². The molecule has 0 unspecified atom stereocenters. The summed E-state index contributed by atoms with van der Waals surface area (Å²) in [5.41, 5.74) is 2.72. The second-order valence-corrected chi connectivity index (χ2v) is 7.70. The van der Waals surface area contributed by atoms with Gasteiger partial charge in [-0.3, -0.25) is 9.58 Å². The van der Waals surface area contributed by atoms with Gasteiger partial charge in [-0.15, -0.1) is 0 Å². The topological polar surface area (TPSA) is 44.5 Å². The molecule has 4 rings (SSSR count). The molecule has 0 saturated carbocycles. The van der Waals surface area contributed by atoms with Crippen LogP contribution >= 0.6 is 0 Å². The van der Waals surface area contributed by atoms with Crippen LogP contribution < -0.4 is 4.90 Å². The van der Waals surface area contributed by atoms with Crippen molar-refractivity contribution in [2.45, 2.75) is 57.8 Å². The van der Waals surface area contributed by atoms with Crippen molar-refractivity contribution in [3.63, 3.8) is 0 Å². The third-order valence-electron chi connectivity index (χ3n) is 5.96. The Labute approximate surface area is 160 Å². The number of benzene rings is 1. The number of aryl methyl sites for hydroxylation is 1. The number of hydrogen-bond acceptors (Lipinski definition) is 4. The van der Waals surface area contributed by atoms with E-state index in [9.17, 15) is 9.50 Å². The lowest BCUT2D eigenvalue weighted by Crippen LogP contribution is -2.45. The molecule has 1 fully saturated rings. The Hall–Kier alpha value is -1.92. The first-order valence-corrected chi connectivity index (χ1v) is 10.1. The van der Waals surface area contributed by atoms with E-state index in [1.165, 1.54) is 5.69 Å². The molecule has 1 aromatic carbocycles. The molecular weight excluding hydrogens is 343 g/mol. The van der Waals surface area contributed by atoms with Gasteiger partial charge in [-0.2, -0.15) is 5.10 Å². The number of aromatic nitrogens is 2. The summed E-state index contributed by atoms with van der Waals surface area (Å²) in [6.45, 7) is 6.62. The summed E-state index contributed by atoms with van der Waals surface area (Å²) in [6.07, 6.45) is 3.39. The number of para-hydroxylation sites is 1. The van der Waals surface area contributed by atoms with Crippen molar-refractivity contribution in [1.82, 2.24) is 14.7 Å². The lowest BCUT2D eigenvalue weighted by Gasteiger charge is -2.39. The minimum absolute atomic E-state index is 0.128.